The SMILES string of the molecule is O=C1OC(=O)c2c1ccc(-c1ccc3c(c1O)C(=O)OC3=O)c2O. The van der Waals surface area contributed by atoms with Gasteiger partial charge in [0.2, 0.25) is 0 Å². The molecule has 4 rings (SSSR count). The van der Waals surface area contributed by atoms with Gasteiger partial charge in [-0.2, -0.15) is 0 Å². The van der Waals surface area contributed by atoms with E-state index in [1.807, 2.05) is 0 Å². The van der Waals surface area contributed by atoms with Gasteiger partial charge in [0, 0.05) is 11.1 Å². The van der Waals surface area contributed by atoms with Crippen molar-refractivity contribution < 1.29 is 38.9 Å². The third-order valence-corrected chi connectivity index (χ3v) is 3.86. The molecule has 0 atom stereocenters. The Hall–Kier alpha value is -3.68. The van der Waals surface area contributed by atoms with Crippen molar-refractivity contribution in [1.29, 1.82) is 0 Å². The highest BCUT2D eigenvalue weighted by molar-refractivity contribution is 6.19. The molecule has 0 fully saturated rings. The van der Waals surface area contributed by atoms with Gasteiger partial charge in [0.05, 0.1) is 11.1 Å². The molecular weight excluding hydrogens is 320 g/mol. The lowest BCUT2D eigenvalue weighted by molar-refractivity contribution is 0.0424. The molecule has 2 heterocycles. The number of phenols is 2. The second-order valence-corrected chi connectivity index (χ2v) is 5.12. The Morgan fingerprint density at radius 2 is 0.875 bits per heavy atom. The first-order chi connectivity index (χ1) is 11.4. The number of aromatic hydroxyl groups is 2. The van der Waals surface area contributed by atoms with E-state index in [0.29, 0.717) is 0 Å². The number of ether oxygens (including phenoxy) is 2. The molecule has 2 aliphatic heterocycles. The maximum absolute atomic E-state index is 11.7. The molecule has 24 heavy (non-hydrogen) atoms. The van der Waals surface area contributed by atoms with E-state index in [2.05, 4.69) is 9.47 Å². The summed E-state index contributed by atoms with van der Waals surface area (Å²) >= 11 is 0. The largest absolute Gasteiger partial charge is 0.506 e. The van der Waals surface area contributed by atoms with Gasteiger partial charge in [-0.3, -0.25) is 0 Å². The summed E-state index contributed by atoms with van der Waals surface area (Å²) in [5, 5.41) is 20.6. The Morgan fingerprint density at radius 1 is 0.542 bits per heavy atom. The topological polar surface area (TPSA) is 127 Å². The summed E-state index contributed by atoms with van der Waals surface area (Å²) in [6.07, 6.45) is 0. The zero-order valence-corrected chi connectivity index (χ0v) is 11.7. The molecule has 0 saturated carbocycles. The third-order valence-electron chi connectivity index (χ3n) is 3.86. The molecule has 0 aliphatic carbocycles. The fraction of sp³-hybridized carbons (Fsp3) is 0. The van der Waals surface area contributed by atoms with Crippen molar-refractivity contribution >= 4 is 23.9 Å². The van der Waals surface area contributed by atoms with E-state index in [9.17, 15) is 29.4 Å². The van der Waals surface area contributed by atoms with Gasteiger partial charge in [0.25, 0.3) is 0 Å². The highest BCUT2D eigenvalue weighted by Gasteiger charge is 2.37. The van der Waals surface area contributed by atoms with Crippen LogP contribution in [-0.2, 0) is 9.47 Å². The van der Waals surface area contributed by atoms with E-state index in [0.717, 1.165) is 0 Å². The second-order valence-electron chi connectivity index (χ2n) is 5.12. The minimum Gasteiger partial charge on any atom is -0.506 e. The quantitative estimate of drug-likeness (QED) is 0.594. The summed E-state index contributed by atoms with van der Waals surface area (Å²) in [6, 6.07) is 5.09. The maximum Gasteiger partial charge on any atom is 0.350 e. The Labute approximate surface area is 132 Å². The standard InChI is InChI=1S/C16H6O8/c17-11-5(1-3-7-9(11)15(21)23-13(7)19)6-2-4-8-10(12(6)18)16(22)24-14(8)20/h1-4,17-18H. The minimum absolute atomic E-state index is 0.00662. The second kappa shape index (κ2) is 4.42. The molecule has 2 aromatic carbocycles. The van der Waals surface area contributed by atoms with Crippen molar-refractivity contribution in [2.45, 2.75) is 0 Å². The number of benzene rings is 2. The number of phenolic OH excluding ortho intramolecular Hbond substituents is 2. The predicted molar refractivity (Wildman–Crippen MR) is 74.7 cm³/mol. The summed E-state index contributed by atoms with van der Waals surface area (Å²) in [4.78, 5) is 46.3. The maximum atomic E-state index is 11.7. The van der Waals surface area contributed by atoms with E-state index < -0.39 is 35.4 Å². The number of fused-ring (bicyclic) bond motifs is 2. The van der Waals surface area contributed by atoms with Gasteiger partial charge in [-0.1, -0.05) is 0 Å². The average Bonchev–Trinajstić information content (AvgIpc) is 2.98. The van der Waals surface area contributed by atoms with Crippen LogP contribution in [-0.4, -0.2) is 34.1 Å². The summed E-state index contributed by atoms with van der Waals surface area (Å²) in [5.41, 5.74) is -0.860. The van der Waals surface area contributed by atoms with E-state index in [-0.39, 0.29) is 33.4 Å². The summed E-state index contributed by atoms with van der Waals surface area (Å²) in [6.45, 7) is 0. The Balaban J connectivity index is 1.97. The minimum atomic E-state index is -1.01. The number of carbonyl (C=O) groups excluding carboxylic acids is 4. The summed E-state index contributed by atoms with van der Waals surface area (Å²) < 4.78 is 8.84. The predicted octanol–water partition coefficient (Wildman–Crippen LogP) is 1.39. The summed E-state index contributed by atoms with van der Waals surface area (Å²) in [5.74, 6) is -4.94. The molecule has 2 N–H and O–H groups in total. The fourth-order valence-corrected chi connectivity index (χ4v) is 2.75. The lowest BCUT2D eigenvalue weighted by Crippen LogP contribution is -1.98. The van der Waals surface area contributed by atoms with Crippen LogP contribution in [0.5, 0.6) is 11.5 Å². The van der Waals surface area contributed by atoms with Gasteiger partial charge in [-0.25, -0.2) is 19.2 Å². The van der Waals surface area contributed by atoms with Gasteiger partial charge in [-0.15, -0.1) is 0 Å². The average molecular weight is 326 g/mol. The summed E-state index contributed by atoms with van der Waals surface area (Å²) in [7, 11) is 0. The van der Waals surface area contributed by atoms with Crippen molar-refractivity contribution in [3.63, 3.8) is 0 Å². The zero-order chi connectivity index (χ0) is 17.2. The van der Waals surface area contributed by atoms with Gasteiger partial charge >= 0.3 is 23.9 Å². The van der Waals surface area contributed by atoms with Gasteiger partial charge < -0.3 is 19.7 Å². The van der Waals surface area contributed by atoms with E-state index >= 15 is 0 Å². The number of cyclic esters (lactones) is 4. The molecular formula is C16H6O8. The van der Waals surface area contributed by atoms with Gasteiger partial charge in [0.15, 0.2) is 0 Å². The van der Waals surface area contributed by atoms with Gasteiger partial charge in [-0.05, 0) is 24.3 Å². The molecule has 0 amide bonds. The fourth-order valence-electron chi connectivity index (χ4n) is 2.75. The van der Waals surface area contributed by atoms with E-state index in [1.54, 1.807) is 0 Å². The number of rotatable bonds is 1. The van der Waals surface area contributed by atoms with Crippen LogP contribution in [0.15, 0.2) is 24.3 Å². The number of hydrogen-bond acceptors (Lipinski definition) is 8. The first-order valence-electron chi connectivity index (χ1n) is 6.65. The molecule has 0 unspecified atom stereocenters. The monoisotopic (exact) mass is 326 g/mol. The number of carbonyl (C=O) groups is 4. The molecule has 0 saturated heterocycles. The van der Waals surface area contributed by atoms with Crippen LogP contribution in [0.3, 0.4) is 0 Å². The van der Waals surface area contributed by atoms with Crippen molar-refractivity contribution in [3.8, 4) is 22.6 Å². The molecule has 0 bridgehead atoms. The van der Waals surface area contributed by atoms with Crippen LogP contribution in [0.2, 0.25) is 0 Å². The third kappa shape index (κ3) is 1.62. The van der Waals surface area contributed by atoms with Gasteiger partial charge in [0.1, 0.15) is 22.6 Å². The molecule has 0 aromatic heterocycles. The Bertz CT molecular complexity index is 920. The van der Waals surface area contributed by atoms with Crippen molar-refractivity contribution in [2.24, 2.45) is 0 Å². The first-order valence-corrected chi connectivity index (χ1v) is 6.65. The zero-order valence-electron chi connectivity index (χ0n) is 11.7. The van der Waals surface area contributed by atoms with Crippen molar-refractivity contribution in [2.75, 3.05) is 0 Å². The Kier molecular flexibility index (Phi) is 2.57. The normalized spacial score (nSPS) is 15.2. The van der Waals surface area contributed by atoms with Crippen LogP contribution in [0.1, 0.15) is 41.4 Å². The molecule has 2 aliphatic rings. The van der Waals surface area contributed by atoms with Crippen molar-refractivity contribution in [3.05, 3.63) is 46.5 Å². The van der Waals surface area contributed by atoms with E-state index in [4.69, 9.17) is 0 Å². The smallest absolute Gasteiger partial charge is 0.350 e. The molecule has 118 valence electrons. The Morgan fingerprint density at radius 3 is 1.25 bits per heavy atom. The van der Waals surface area contributed by atoms with Crippen LogP contribution in [0.25, 0.3) is 11.1 Å². The number of hydrogen-bond donors (Lipinski definition) is 2. The molecule has 8 nitrogen and oxygen atoms in total. The van der Waals surface area contributed by atoms with Crippen LogP contribution in [0, 0.1) is 0 Å². The van der Waals surface area contributed by atoms with Crippen LogP contribution >= 0.6 is 0 Å². The highest BCUT2D eigenvalue weighted by Crippen LogP contribution is 2.43. The molecule has 8 heteroatoms. The first kappa shape index (κ1) is 13.9. The molecule has 0 radical (unpaired) electrons. The number of esters is 4. The molecule has 0 spiro atoms. The lowest BCUT2D eigenvalue weighted by Gasteiger charge is -2.10. The van der Waals surface area contributed by atoms with Crippen LogP contribution in [0.4, 0.5) is 0 Å². The highest BCUT2D eigenvalue weighted by atomic mass is 16.6. The lowest BCUT2D eigenvalue weighted by atomic mass is 9.94. The van der Waals surface area contributed by atoms with E-state index in [1.165, 1.54) is 24.3 Å². The van der Waals surface area contributed by atoms with Crippen LogP contribution < -0.4 is 0 Å². The molecule has 2 aromatic rings. The van der Waals surface area contributed by atoms with Crippen molar-refractivity contribution in [1.82, 2.24) is 0 Å².